The van der Waals surface area contributed by atoms with Crippen LogP contribution in [0.4, 0.5) is 4.79 Å². The summed E-state index contributed by atoms with van der Waals surface area (Å²) in [5.41, 5.74) is 3.62. The van der Waals surface area contributed by atoms with Crippen molar-refractivity contribution >= 4 is 12.1 Å². The van der Waals surface area contributed by atoms with Crippen LogP contribution in [0.3, 0.4) is 0 Å². The van der Waals surface area contributed by atoms with Gasteiger partial charge in [0.2, 0.25) is 0 Å². The monoisotopic (exact) mass is 379 g/mol. The van der Waals surface area contributed by atoms with Crippen molar-refractivity contribution in [2.45, 2.75) is 20.1 Å². The molecular formula is C21H21N3O4. The van der Waals surface area contributed by atoms with Gasteiger partial charge in [-0.05, 0) is 36.2 Å². The number of nitrogens with one attached hydrogen (secondary N) is 1. The minimum atomic E-state index is -0.483. The summed E-state index contributed by atoms with van der Waals surface area (Å²) < 4.78 is 11.5. The van der Waals surface area contributed by atoms with Crippen LogP contribution in [0.2, 0.25) is 0 Å². The largest absolute Gasteiger partial charge is 0.464 e. The zero-order chi connectivity index (χ0) is 19.9. The van der Waals surface area contributed by atoms with E-state index < -0.39 is 12.1 Å². The molecule has 0 saturated carbocycles. The standard InChI is InChI=1S/C21H21N3O4/c1-15-12-19(20(25)27-2)24(23-15)18-10-8-16(9-11-18)13-22-21(26)28-14-17-6-4-3-5-7-17/h3-12H,13-14H2,1-2H3,(H,22,26). The molecule has 1 N–H and O–H groups in total. The van der Waals surface area contributed by atoms with Crippen LogP contribution in [0, 0.1) is 6.92 Å². The summed E-state index contributed by atoms with van der Waals surface area (Å²) >= 11 is 0. The van der Waals surface area contributed by atoms with E-state index in [1.54, 1.807) is 6.07 Å². The van der Waals surface area contributed by atoms with Gasteiger partial charge in [-0.1, -0.05) is 42.5 Å². The van der Waals surface area contributed by atoms with Crippen molar-refractivity contribution in [1.82, 2.24) is 15.1 Å². The molecule has 0 atom stereocenters. The molecule has 0 spiro atoms. The molecule has 1 amide bonds. The Kier molecular flexibility index (Phi) is 6.06. The highest BCUT2D eigenvalue weighted by molar-refractivity contribution is 5.88. The predicted molar refractivity (Wildman–Crippen MR) is 103 cm³/mol. The highest BCUT2D eigenvalue weighted by Crippen LogP contribution is 2.15. The Hall–Kier alpha value is -3.61. The van der Waals surface area contributed by atoms with Gasteiger partial charge >= 0.3 is 12.1 Å². The smallest absolute Gasteiger partial charge is 0.407 e. The van der Waals surface area contributed by atoms with Crippen molar-refractivity contribution in [3.05, 3.63) is 83.2 Å². The van der Waals surface area contributed by atoms with E-state index in [1.165, 1.54) is 11.8 Å². The molecule has 7 nitrogen and oxygen atoms in total. The molecule has 1 aromatic heterocycles. The van der Waals surface area contributed by atoms with E-state index in [4.69, 9.17) is 9.47 Å². The first-order valence-corrected chi connectivity index (χ1v) is 8.75. The molecule has 7 heteroatoms. The van der Waals surface area contributed by atoms with Crippen molar-refractivity contribution in [2.75, 3.05) is 7.11 Å². The molecular weight excluding hydrogens is 358 g/mol. The van der Waals surface area contributed by atoms with Crippen LogP contribution in [0.1, 0.15) is 27.3 Å². The first-order chi connectivity index (χ1) is 13.6. The zero-order valence-electron chi connectivity index (χ0n) is 15.7. The molecule has 0 radical (unpaired) electrons. The van der Waals surface area contributed by atoms with Crippen LogP contribution in [-0.2, 0) is 22.6 Å². The lowest BCUT2D eigenvalue weighted by Gasteiger charge is -2.09. The average Bonchev–Trinajstić information content (AvgIpc) is 3.13. The van der Waals surface area contributed by atoms with Gasteiger partial charge in [0.05, 0.1) is 18.5 Å². The number of rotatable bonds is 6. The summed E-state index contributed by atoms with van der Waals surface area (Å²) in [5.74, 6) is -0.451. The van der Waals surface area contributed by atoms with Gasteiger partial charge in [0.1, 0.15) is 6.61 Å². The Bertz CT molecular complexity index is 950. The highest BCUT2D eigenvalue weighted by atomic mass is 16.5. The van der Waals surface area contributed by atoms with Gasteiger partial charge < -0.3 is 14.8 Å². The molecule has 3 aromatic rings. The van der Waals surface area contributed by atoms with Crippen molar-refractivity contribution in [3.8, 4) is 5.69 Å². The number of aryl methyl sites for hydroxylation is 1. The number of hydrogen-bond donors (Lipinski definition) is 1. The number of nitrogens with zero attached hydrogens (tertiary/aromatic N) is 2. The molecule has 0 bridgehead atoms. The second kappa shape index (κ2) is 8.85. The van der Waals surface area contributed by atoms with Gasteiger partial charge in [-0.3, -0.25) is 0 Å². The first-order valence-electron chi connectivity index (χ1n) is 8.75. The van der Waals surface area contributed by atoms with Gasteiger partial charge in [-0.2, -0.15) is 5.10 Å². The first kappa shape index (κ1) is 19.2. The number of aromatic nitrogens is 2. The second-order valence-electron chi connectivity index (χ2n) is 6.16. The van der Waals surface area contributed by atoms with E-state index in [0.717, 1.165) is 16.8 Å². The minimum absolute atomic E-state index is 0.223. The van der Waals surface area contributed by atoms with Crippen molar-refractivity contribution in [2.24, 2.45) is 0 Å². The van der Waals surface area contributed by atoms with Gasteiger partial charge in [-0.25, -0.2) is 14.3 Å². The van der Waals surface area contributed by atoms with E-state index in [-0.39, 0.29) is 6.61 Å². The Morgan fingerprint density at radius 3 is 2.43 bits per heavy atom. The summed E-state index contributed by atoms with van der Waals surface area (Å²) in [5, 5.41) is 7.05. The lowest BCUT2D eigenvalue weighted by Crippen LogP contribution is -2.23. The van der Waals surface area contributed by atoms with Gasteiger partial charge in [-0.15, -0.1) is 0 Å². The molecule has 28 heavy (non-hydrogen) atoms. The topological polar surface area (TPSA) is 82.5 Å². The number of alkyl carbamates (subject to hydrolysis) is 1. The van der Waals surface area contributed by atoms with Crippen LogP contribution in [0.5, 0.6) is 0 Å². The number of carbonyl (C=O) groups is 2. The summed E-state index contributed by atoms with van der Waals surface area (Å²) in [4.78, 5) is 23.7. The van der Waals surface area contributed by atoms with E-state index in [9.17, 15) is 9.59 Å². The van der Waals surface area contributed by atoms with Crippen molar-refractivity contribution in [1.29, 1.82) is 0 Å². The van der Waals surface area contributed by atoms with Crippen LogP contribution in [0.25, 0.3) is 5.69 Å². The number of hydrogen-bond acceptors (Lipinski definition) is 5. The highest BCUT2D eigenvalue weighted by Gasteiger charge is 2.15. The fourth-order valence-corrected chi connectivity index (χ4v) is 2.65. The lowest BCUT2D eigenvalue weighted by atomic mass is 10.2. The van der Waals surface area contributed by atoms with Crippen molar-refractivity contribution < 1.29 is 19.1 Å². The Balaban J connectivity index is 1.58. The van der Waals surface area contributed by atoms with E-state index in [0.29, 0.717) is 17.9 Å². The molecule has 0 fully saturated rings. The third-order valence-electron chi connectivity index (χ3n) is 4.06. The van der Waals surface area contributed by atoms with Crippen LogP contribution >= 0.6 is 0 Å². The third-order valence-corrected chi connectivity index (χ3v) is 4.06. The van der Waals surface area contributed by atoms with Crippen LogP contribution in [0.15, 0.2) is 60.7 Å². The second-order valence-corrected chi connectivity index (χ2v) is 6.16. The van der Waals surface area contributed by atoms with Gasteiger partial charge in [0.15, 0.2) is 5.69 Å². The normalized spacial score (nSPS) is 10.4. The molecule has 144 valence electrons. The number of esters is 1. The molecule has 1 heterocycles. The van der Waals surface area contributed by atoms with Crippen LogP contribution in [-0.4, -0.2) is 29.0 Å². The number of ether oxygens (including phenoxy) is 2. The molecule has 0 aliphatic heterocycles. The third kappa shape index (κ3) is 4.76. The Morgan fingerprint density at radius 2 is 1.75 bits per heavy atom. The quantitative estimate of drug-likeness (QED) is 0.664. The number of amides is 1. The predicted octanol–water partition coefficient (Wildman–Crippen LogP) is 3.39. The summed E-state index contributed by atoms with van der Waals surface area (Å²) in [6, 6.07) is 18.5. The van der Waals surface area contributed by atoms with Crippen LogP contribution < -0.4 is 5.32 Å². The minimum Gasteiger partial charge on any atom is -0.464 e. The average molecular weight is 379 g/mol. The summed E-state index contributed by atoms with van der Waals surface area (Å²) in [6.45, 7) is 2.36. The van der Waals surface area contributed by atoms with Gasteiger partial charge in [0.25, 0.3) is 0 Å². The maximum absolute atomic E-state index is 11.9. The summed E-state index contributed by atoms with van der Waals surface area (Å²) in [6.07, 6.45) is -0.483. The molecule has 3 rings (SSSR count). The molecule has 2 aromatic carbocycles. The molecule has 0 unspecified atom stereocenters. The van der Waals surface area contributed by atoms with Gasteiger partial charge in [0, 0.05) is 6.54 Å². The maximum atomic E-state index is 11.9. The maximum Gasteiger partial charge on any atom is 0.407 e. The number of benzene rings is 2. The van der Waals surface area contributed by atoms with Crippen molar-refractivity contribution in [3.63, 3.8) is 0 Å². The fourth-order valence-electron chi connectivity index (χ4n) is 2.65. The fraction of sp³-hybridized carbons (Fsp3) is 0.190. The number of methoxy groups -OCH3 is 1. The van der Waals surface area contributed by atoms with E-state index >= 15 is 0 Å². The Labute approximate surface area is 162 Å². The molecule has 0 aliphatic carbocycles. The number of carbonyl (C=O) groups excluding carboxylic acids is 2. The van der Waals surface area contributed by atoms with E-state index in [2.05, 4.69) is 10.4 Å². The SMILES string of the molecule is COC(=O)c1cc(C)nn1-c1ccc(CNC(=O)OCc2ccccc2)cc1. The molecule has 0 saturated heterocycles. The lowest BCUT2D eigenvalue weighted by molar-refractivity contribution is 0.0590. The Morgan fingerprint density at radius 1 is 1.04 bits per heavy atom. The van der Waals surface area contributed by atoms with E-state index in [1.807, 2.05) is 61.5 Å². The summed E-state index contributed by atoms with van der Waals surface area (Å²) in [7, 11) is 1.33. The molecule has 0 aliphatic rings. The zero-order valence-corrected chi connectivity index (χ0v) is 15.7.